The number of nitrogens with zero attached hydrogens (tertiary/aromatic N) is 2. The summed E-state index contributed by atoms with van der Waals surface area (Å²) in [7, 11) is 3.34. The number of carbonyl (C=O) groups excluding carboxylic acids is 1. The van der Waals surface area contributed by atoms with Gasteiger partial charge in [-0.3, -0.25) is 9.69 Å². The molecule has 0 aliphatic carbocycles. The van der Waals surface area contributed by atoms with Crippen LogP contribution in [0.1, 0.15) is 39.6 Å². The molecule has 1 fully saturated rings. The van der Waals surface area contributed by atoms with Gasteiger partial charge >= 0.3 is 0 Å². The van der Waals surface area contributed by atoms with E-state index in [-0.39, 0.29) is 11.9 Å². The molecule has 5 aromatic rings. The van der Waals surface area contributed by atoms with E-state index in [4.69, 9.17) is 14.2 Å². The number of ether oxygens (including phenoxy) is 3. The quantitative estimate of drug-likeness (QED) is 0.167. The normalized spacial score (nSPS) is 14.4. The van der Waals surface area contributed by atoms with E-state index in [9.17, 15) is 4.79 Å². The number of piperazine rings is 1. The van der Waals surface area contributed by atoms with Crippen LogP contribution in [0.4, 0.5) is 5.69 Å². The molecule has 2 heterocycles. The molecule has 7 heteroatoms. The summed E-state index contributed by atoms with van der Waals surface area (Å²) >= 11 is 0. The molecule has 0 spiro atoms. The van der Waals surface area contributed by atoms with E-state index >= 15 is 0 Å². The molecule has 0 amide bonds. The first kappa shape index (κ1) is 29.3. The molecular formula is C37H39N3O4. The molecule has 1 unspecified atom stereocenters. The van der Waals surface area contributed by atoms with Crippen LogP contribution in [0.25, 0.3) is 10.9 Å². The lowest BCUT2D eigenvalue weighted by molar-refractivity contribution is 0.103. The number of rotatable bonds is 11. The average Bonchev–Trinajstić information content (AvgIpc) is 3.51. The summed E-state index contributed by atoms with van der Waals surface area (Å²) in [4.78, 5) is 21.6. The van der Waals surface area contributed by atoms with Crippen molar-refractivity contribution in [3.63, 3.8) is 0 Å². The maximum Gasteiger partial charge on any atom is 0.195 e. The van der Waals surface area contributed by atoms with Gasteiger partial charge in [-0.1, -0.05) is 60.2 Å². The molecule has 0 bridgehead atoms. The van der Waals surface area contributed by atoms with Crippen molar-refractivity contribution in [1.29, 1.82) is 0 Å². The summed E-state index contributed by atoms with van der Waals surface area (Å²) in [6.45, 7) is 6.80. The first-order valence-electron chi connectivity index (χ1n) is 15.2. The highest BCUT2D eigenvalue weighted by molar-refractivity contribution is 6.16. The lowest BCUT2D eigenvalue weighted by Crippen LogP contribution is -2.47. The third kappa shape index (κ3) is 6.29. The van der Waals surface area contributed by atoms with Crippen molar-refractivity contribution in [3.05, 3.63) is 119 Å². The number of ketones is 1. The number of H-pyrrole nitrogens is 1. The first-order valence-corrected chi connectivity index (χ1v) is 15.2. The highest BCUT2D eigenvalue weighted by Gasteiger charge is 2.23. The van der Waals surface area contributed by atoms with Gasteiger partial charge < -0.3 is 24.1 Å². The molecule has 0 saturated carbocycles. The van der Waals surface area contributed by atoms with Gasteiger partial charge in [-0.2, -0.15) is 0 Å². The maximum absolute atomic E-state index is 13.5. The van der Waals surface area contributed by atoms with Gasteiger partial charge in [0.2, 0.25) is 0 Å². The maximum atomic E-state index is 13.5. The van der Waals surface area contributed by atoms with E-state index < -0.39 is 0 Å². The number of methoxy groups -OCH3 is 2. The lowest BCUT2D eigenvalue weighted by atomic mass is 10.0. The topological polar surface area (TPSA) is 67.0 Å². The third-order valence-corrected chi connectivity index (χ3v) is 8.48. The fourth-order valence-corrected chi connectivity index (χ4v) is 5.95. The third-order valence-electron chi connectivity index (χ3n) is 8.48. The van der Waals surface area contributed by atoms with Crippen LogP contribution in [0.5, 0.6) is 17.2 Å². The molecule has 1 aliphatic rings. The van der Waals surface area contributed by atoms with Crippen molar-refractivity contribution in [2.24, 2.45) is 0 Å². The Morgan fingerprint density at radius 1 is 0.818 bits per heavy atom. The monoisotopic (exact) mass is 589 g/mol. The number of hydrogen-bond acceptors (Lipinski definition) is 6. The van der Waals surface area contributed by atoms with Crippen LogP contribution in [0, 0.1) is 6.92 Å². The molecule has 1 aliphatic heterocycles. The number of aryl methyl sites for hydroxylation is 1. The van der Waals surface area contributed by atoms with Gasteiger partial charge in [0.05, 0.1) is 19.9 Å². The van der Waals surface area contributed by atoms with Crippen LogP contribution < -0.4 is 19.1 Å². The highest BCUT2D eigenvalue weighted by Crippen LogP contribution is 2.35. The Kier molecular flexibility index (Phi) is 8.84. The van der Waals surface area contributed by atoms with E-state index in [1.54, 1.807) is 26.5 Å². The van der Waals surface area contributed by atoms with Crippen molar-refractivity contribution in [2.45, 2.75) is 19.4 Å². The second kappa shape index (κ2) is 13.3. The minimum absolute atomic E-state index is 0.0605. The molecule has 1 atom stereocenters. The SMILES string of the molecule is COc1cc(C(=O)c2c[nH]c3ccccc23)ccc1OC(CCN1CCN(c2ccccc2OC)CC1)c1ccc(C)cc1. The van der Waals surface area contributed by atoms with Crippen LogP contribution in [0.3, 0.4) is 0 Å². The molecule has 44 heavy (non-hydrogen) atoms. The largest absolute Gasteiger partial charge is 0.495 e. The Morgan fingerprint density at radius 2 is 1.55 bits per heavy atom. The fourth-order valence-electron chi connectivity index (χ4n) is 5.95. The van der Waals surface area contributed by atoms with E-state index in [1.165, 1.54) is 5.56 Å². The van der Waals surface area contributed by atoms with Crippen LogP contribution >= 0.6 is 0 Å². The number of hydrogen-bond donors (Lipinski definition) is 1. The fraction of sp³-hybridized carbons (Fsp3) is 0.270. The molecule has 7 nitrogen and oxygen atoms in total. The highest BCUT2D eigenvalue weighted by atomic mass is 16.5. The lowest BCUT2D eigenvalue weighted by Gasteiger charge is -2.37. The molecular weight excluding hydrogens is 550 g/mol. The van der Waals surface area contributed by atoms with Crippen molar-refractivity contribution < 1.29 is 19.0 Å². The van der Waals surface area contributed by atoms with E-state index in [0.29, 0.717) is 22.6 Å². The van der Waals surface area contributed by atoms with Gasteiger partial charge in [0, 0.05) is 67.4 Å². The van der Waals surface area contributed by atoms with Crippen molar-refractivity contribution in [1.82, 2.24) is 9.88 Å². The van der Waals surface area contributed by atoms with Crippen molar-refractivity contribution in [3.8, 4) is 17.2 Å². The van der Waals surface area contributed by atoms with Gasteiger partial charge in [0.25, 0.3) is 0 Å². The second-order valence-corrected chi connectivity index (χ2v) is 11.2. The zero-order valence-electron chi connectivity index (χ0n) is 25.6. The van der Waals surface area contributed by atoms with Crippen LogP contribution in [0.15, 0.2) is 97.2 Å². The molecule has 0 radical (unpaired) electrons. The van der Waals surface area contributed by atoms with Gasteiger partial charge in [0.1, 0.15) is 11.9 Å². The van der Waals surface area contributed by atoms with Crippen LogP contribution in [0.2, 0.25) is 0 Å². The molecule has 1 N–H and O–H groups in total. The Hall–Kier alpha value is -4.75. The number of nitrogens with one attached hydrogen (secondary N) is 1. The number of benzene rings is 4. The summed E-state index contributed by atoms with van der Waals surface area (Å²) in [5, 5.41) is 0.903. The van der Waals surface area contributed by atoms with Gasteiger partial charge in [-0.25, -0.2) is 0 Å². The minimum Gasteiger partial charge on any atom is -0.495 e. The number of para-hydroxylation sites is 3. The van der Waals surface area contributed by atoms with Gasteiger partial charge in [-0.15, -0.1) is 0 Å². The number of fused-ring (bicyclic) bond motifs is 1. The van der Waals surface area contributed by atoms with Gasteiger partial charge in [-0.05, 0) is 48.9 Å². The number of anilines is 1. The summed E-state index contributed by atoms with van der Waals surface area (Å²) in [6, 6.07) is 30.0. The first-order chi connectivity index (χ1) is 21.5. The Labute approximate surface area is 259 Å². The van der Waals surface area contributed by atoms with Crippen LogP contribution in [-0.4, -0.2) is 62.6 Å². The van der Waals surface area contributed by atoms with Gasteiger partial charge in [0.15, 0.2) is 17.3 Å². The minimum atomic E-state index is -0.174. The predicted octanol–water partition coefficient (Wildman–Crippen LogP) is 7.06. The van der Waals surface area contributed by atoms with Crippen molar-refractivity contribution >= 4 is 22.4 Å². The molecule has 6 rings (SSSR count). The van der Waals surface area contributed by atoms with Crippen molar-refractivity contribution in [2.75, 3.05) is 51.8 Å². The second-order valence-electron chi connectivity index (χ2n) is 11.2. The standard InChI is InChI=1S/C37H39N3O4/c1-26-12-14-27(15-13-26)33(18-19-39-20-22-40(23-21-39)32-10-6-7-11-34(32)42-2)44-35-17-16-28(24-36(35)43-3)37(41)30-25-38-31-9-5-4-8-29(30)31/h4-17,24-25,33,38H,18-23H2,1-3H3. The van der Waals surface area contributed by atoms with Crippen LogP contribution in [-0.2, 0) is 0 Å². The summed E-state index contributed by atoms with van der Waals surface area (Å²) in [5.74, 6) is 2.01. The molecule has 1 saturated heterocycles. The number of carbonyl (C=O) groups is 1. The molecule has 1 aromatic heterocycles. The zero-order chi connectivity index (χ0) is 30.5. The summed E-state index contributed by atoms with van der Waals surface area (Å²) < 4.78 is 18.0. The van der Waals surface area contributed by atoms with E-state index in [2.05, 4.69) is 58.1 Å². The number of aromatic nitrogens is 1. The number of aromatic amines is 1. The smallest absolute Gasteiger partial charge is 0.195 e. The Balaban J connectivity index is 1.16. The van der Waals surface area contributed by atoms with E-state index in [1.807, 2.05) is 48.5 Å². The summed E-state index contributed by atoms with van der Waals surface area (Å²) in [6.07, 6.45) is 2.41. The Morgan fingerprint density at radius 3 is 2.32 bits per heavy atom. The average molecular weight is 590 g/mol. The summed E-state index contributed by atoms with van der Waals surface area (Å²) in [5.41, 5.74) is 5.60. The van der Waals surface area contributed by atoms with E-state index in [0.717, 1.165) is 67.0 Å². The zero-order valence-corrected chi connectivity index (χ0v) is 25.6. The molecule has 4 aromatic carbocycles. The molecule has 226 valence electrons. The predicted molar refractivity (Wildman–Crippen MR) is 176 cm³/mol. The Bertz CT molecular complexity index is 1720.